The second-order valence-electron chi connectivity index (χ2n) is 4.95. The molecule has 1 aliphatic rings. The number of hydrogen-bond donors (Lipinski definition) is 1. The van der Waals surface area contributed by atoms with Crippen LogP contribution in [0.1, 0.15) is 28.4 Å². The van der Waals surface area contributed by atoms with Crippen LogP contribution in [0.2, 0.25) is 0 Å². The summed E-state index contributed by atoms with van der Waals surface area (Å²) in [5.41, 5.74) is 3.39. The van der Waals surface area contributed by atoms with Gasteiger partial charge < -0.3 is 10.0 Å². The molecule has 1 unspecified atom stereocenters. The van der Waals surface area contributed by atoms with E-state index in [1.165, 1.54) is 4.90 Å². The number of carbonyl (C=O) groups excluding carboxylic acids is 1. The second kappa shape index (κ2) is 4.88. The summed E-state index contributed by atoms with van der Waals surface area (Å²) in [5, 5.41) is 9.21. The Morgan fingerprint density at radius 2 is 1.89 bits per heavy atom. The molecular weight excluding hydrogens is 242 g/mol. The molecule has 1 amide bonds. The van der Waals surface area contributed by atoms with Gasteiger partial charge in [0, 0.05) is 12.1 Å². The minimum absolute atomic E-state index is 0.233. The van der Waals surface area contributed by atoms with Crippen LogP contribution < -0.4 is 0 Å². The zero-order valence-corrected chi connectivity index (χ0v) is 11.3. The van der Waals surface area contributed by atoms with E-state index in [9.17, 15) is 14.7 Å². The Morgan fingerprint density at radius 3 is 2.47 bits per heavy atom. The summed E-state index contributed by atoms with van der Waals surface area (Å²) in [6, 6.07) is 4.60. The standard InChI is InChI=1S/C15H17NO3/c1-9-4-5-12(8-11(9)3)14(17)16-7-6-10(2)13(16)15(18)19/h4-6,8,13H,7H2,1-3H3,(H,18,19). The van der Waals surface area contributed by atoms with Crippen molar-refractivity contribution in [2.24, 2.45) is 0 Å². The largest absolute Gasteiger partial charge is 0.479 e. The Labute approximate surface area is 112 Å². The van der Waals surface area contributed by atoms with Crippen molar-refractivity contribution in [3.63, 3.8) is 0 Å². The summed E-state index contributed by atoms with van der Waals surface area (Å²) in [5.74, 6) is -1.22. The van der Waals surface area contributed by atoms with E-state index in [0.29, 0.717) is 17.7 Å². The minimum Gasteiger partial charge on any atom is -0.479 e. The van der Waals surface area contributed by atoms with Gasteiger partial charge in [-0.2, -0.15) is 0 Å². The summed E-state index contributed by atoms with van der Waals surface area (Å²) >= 11 is 0. The molecule has 4 nitrogen and oxygen atoms in total. The van der Waals surface area contributed by atoms with Gasteiger partial charge >= 0.3 is 5.97 Å². The Bertz CT molecular complexity index is 575. The number of aryl methyl sites for hydroxylation is 2. The molecule has 100 valence electrons. The molecule has 0 aliphatic carbocycles. The quantitative estimate of drug-likeness (QED) is 0.828. The lowest BCUT2D eigenvalue weighted by molar-refractivity contribution is -0.140. The highest BCUT2D eigenvalue weighted by molar-refractivity contribution is 5.98. The molecular formula is C15H17NO3. The molecule has 0 aromatic heterocycles. The number of hydrogen-bond acceptors (Lipinski definition) is 2. The number of carboxylic acids is 1. The van der Waals surface area contributed by atoms with Crippen molar-refractivity contribution in [3.05, 3.63) is 46.5 Å². The zero-order chi connectivity index (χ0) is 14.2. The van der Waals surface area contributed by atoms with Gasteiger partial charge in [-0.25, -0.2) is 4.79 Å². The molecule has 0 fully saturated rings. The molecule has 0 bridgehead atoms. The normalized spacial score (nSPS) is 18.4. The SMILES string of the molecule is CC1=CCN(C(=O)c2ccc(C)c(C)c2)C1C(=O)O. The highest BCUT2D eigenvalue weighted by atomic mass is 16.4. The lowest BCUT2D eigenvalue weighted by Crippen LogP contribution is -2.42. The van der Waals surface area contributed by atoms with Crippen molar-refractivity contribution >= 4 is 11.9 Å². The third-order valence-electron chi connectivity index (χ3n) is 3.60. The first-order valence-corrected chi connectivity index (χ1v) is 6.19. The van der Waals surface area contributed by atoms with Crippen molar-refractivity contribution in [2.75, 3.05) is 6.54 Å². The summed E-state index contributed by atoms with van der Waals surface area (Å²) in [6.45, 7) is 6.01. The lowest BCUT2D eigenvalue weighted by Gasteiger charge is -2.23. The van der Waals surface area contributed by atoms with Gasteiger partial charge in [-0.05, 0) is 49.6 Å². The van der Waals surface area contributed by atoms with Gasteiger partial charge in [0.25, 0.3) is 5.91 Å². The molecule has 0 saturated carbocycles. The summed E-state index contributed by atoms with van der Waals surface area (Å²) < 4.78 is 0. The van der Waals surface area contributed by atoms with Crippen molar-refractivity contribution in [3.8, 4) is 0 Å². The molecule has 1 aliphatic heterocycles. The van der Waals surface area contributed by atoms with Crippen molar-refractivity contribution in [1.29, 1.82) is 0 Å². The van der Waals surface area contributed by atoms with Crippen LogP contribution in [0.5, 0.6) is 0 Å². The maximum atomic E-state index is 12.4. The molecule has 1 aromatic rings. The Kier molecular flexibility index (Phi) is 3.42. The van der Waals surface area contributed by atoms with Crippen LogP contribution in [0.15, 0.2) is 29.8 Å². The number of carbonyl (C=O) groups is 2. The fourth-order valence-electron chi connectivity index (χ4n) is 2.27. The average molecular weight is 259 g/mol. The predicted octanol–water partition coefficient (Wildman–Crippen LogP) is 2.16. The van der Waals surface area contributed by atoms with Crippen LogP contribution in [-0.4, -0.2) is 34.5 Å². The number of benzene rings is 1. The van der Waals surface area contributed by atoms with Gasteiger partial charge in [-0.3, -0.25) is 4.79 Å². The molecule has 1 N–H and O–H groups in total. The van der Waals surface area contributed by atoms with Gasteiger partial charge in [0.1, 0.15) is 0 Å². The number of aliphatic carboxylic acids is 1. The molecule has 1 aromatic carbocycles. The predicted molar refractivity (Wildman–Crippen MR) is 72.1 cm³/mol. The minimum atomic E-state index is -0.983. The molecule has 0 saturated heterocycles. The fraction of sp³-hybridized carbons (Fsp3) is 0.333. The summed E-state index contributed by atoms with van der Waals surface area (Å²) in [4.78, 5) is 25.0. The second-order valence-corrected chi connectivity index (χ2v) is 4.95. The Balaban J connectivity index is 2.29. The smallest absolute Gasteiger partial charge is 0.330 e. The average Bonchev–Trinajstić information content (AvgIpc) is 2.74. The maximum Gasteiger partial charge on any atom is 0.330 e. The highest BCUT2D eigenvalue weighted by Crippen LogP contribution is 2.21. The fourth-order valence-corrected chi connectivity index (χ4v) is 2.27. The van der Waals surface area contributed by atoms with Crippen LogP contribution in [0.3, 0.4) is 0 Å². The van der Waals surface area contributed by atoms with Gasteiger partial charge in [0.05, 0.1) is 0 Å². The maximum absolute atomic E-state index is 12.4. The highest BCUT2D eigenvalue weighted by Gasteiger charge is 2.34. The van der Waals surface area contributed by atoms with E-state index in [0.717, 1.165) is 11.1 Å². The topological polar surface area (TPSA) is 57.6 Å². The number of amides is 1. The van der Waals surface area contributed by atoms with Crippen molar-refractivity contribution in [2.45, 2.75) is 26.8 Å². The van der Waals surface area contributed by atoms with E-state index in [4.69, 9.17) is 0 Å². The van der Waals surface area contributed by atoms with Crippen LogP contribution in [0, 0.1) is 13.8 Å². The third-order valence-corrected chi connectivity index (χ3v) is 3.60. The van der Waals surface area contributed by atoms with Crippen LogP contribution >= 0.6 is 0 Å². The molecule has 1 heterocycles. The van der Waals surface area contributed by atoms with Crippen LogP contribution in [0.25, 0.3) is 0 Å². The summed E-state index contributed by atoms with van der Waals surface area (Å²) in [7, 11) is 0. The number of carboxylic acid groups (broad SMARTS) is 1. The van der Waals surface area contributed by atoms with Gasteiger partial charge in [-0.1, -0.05) is 12.1 Å². The monoisotopic (exact) mass is 259 g/mol. The number of nitrogens with zero attached hydrogens (tertiary/aromatic N) is 1. The number of rotatable bonds is 2. The van der Waals surface area contributed by atoms with E-state index >= 15 is 0 Å². The van der Waals surface area contributed by atoms with E-state index in [-0.39, 0.29) is 5.91 Å². The molecule has 19 heavy (non-hydrogen) atoms. The van der Waals surface area contributed by atoms with E-state index in [1.54, 1.807) is 19.1 Å². The van der Waals surface area contributed by atoms with Gasteiger partial charge in [0.2, 0.25) is 0 Å². The molecule has 1 atom stereocenters. The van der Waals surface area contributed by atoms with Gasteiger partial charge in [0.15, 0.2) is 6.04 Å². The first kappa shape index (κ1) is 13.3. The van der Waals surface area contributed by atoms with Crippen LogP contribution in [-0.2, 0) is 4.79 Å². The first-order chi connectivity index (χ1) is 8.91. The lowest BCUT2D eigenvalue weighted by atomic mass is 10.0. The van der Waals surface area contributed by atoms with E-state index in [1.807, 2.05) is 26.0 Å². The molecule has 0 radical (unpaired) electrons. The first-order valence-electron chi connectivity index (χ1n) is 6.19. The zero-order valence-electron chi connectivity index (χ0n) is 11.3. The molecule has 0 spiro atoms. The van der Waals surface area contributed by atoms with Gasteiger partial charge in [-0.15, -0.1) is 0 Å². The molecule has 4 heteroatoms. The van der Waals surface area contributed by atoms with Crippen molar-refractivity contribution in [1.82, 2.24) is 4.90 Å². The van der Waals surface area contributed by atoms with E-state index in [2.05, 4.69) is 0 Å². The Hall–Kier alpha value is -2.10. The summed E-state index contributed by atoms with van der Waals surface area (Å²) in [6.07, 6.45) is 1.79. The van der Waals surface area contributed by atoms with Crippen molar-refractivity contribution < 1.29 is 14.7 Å². The van der Waals surface area contributed by atoms with Crippen LogP contribution in [0.4, 0.5) is 0 Å². The Morgan fingerprint density at radius 1 is 1.21 bits per heavy atom. The third kappa shape index (κ3) is 2.38. The van der Waals surface area contributed by atoms with E-state index < -0.39 is 12.0 Å². The molecule has 2 rings (SSSR count).